The summed E-state index contributed by atoms with van der Waals surface area (Å²) < 4.78 is 4.66. The van der Waals surface area contributed by atoms with Gasteiger partial charge in [-0.1, -0.05) is 28.9 Å². The Morgan fingerprint density at radius 2 is 1.79 bits per heavy atom. The van der Waals surface area contributed by atoms with E-state index >= 15 is 0 Å². The van der Waals surface area contributed by atoms with Crippen molar-refractivity contribution in [2.75, 3.05) is 0 Å². The van der Waals surface area contributed by atoms with Gasteiger partial charge in [-0.05, 0) is 46.6 Å². The highest BCUT2D eigenvalue weighted by atomic mass is 16.6. The first kappa shape index (κ1) is 15.4. The zero-order valence-electron chi connectivity index (χ0n) is 12.4. The van der Waals surface area contributed by atoms with E-state index in [2.05, 4.69) is 10.8 Å². The van der Waals surface area contributed by atoms with Gasteiger partial charge in [-0.2, -0.15) is 0 Å². The van der Waals surface area contributed by atoms with Crippen LogP contribution in [0.1, 0.15) is 47.5 Å². The third-order valence-electron chi connectivity index (χ3n) is 3.00. The summed E-state index contributed by atoms with van der Waals surface area (Å²) >= 11 is 0. The van der Waals surface area contributed by atoms with Crippen LogP contribution in [0.15, 0.2) is 34.4 Å². The van der Waals surface area contributed by atoms with E-state index in [9.17, 15) is 9.59 Å². The van der Waals surface area contributed by atoms with Crippen LogP contribution >= 0.6 is 0 Å². The van der Waals surface area contributed by atoms with E-state index in [0.717, 1.165) is 23.1 Å². The maximum Gasteiger partial charge on any atom is 0.321 e. The SMILES string of the molecule is CC(C)=CCC(C)=C(C=C(C)C)C1CC(=O)OC1=O. The third-order valence-corrected chi connectivity index (χ3v) is 3.00. The summed E-state index contributed by atoms with van der Waals surface area (Å²) in [5.74, 6) is -1.29. The lowest BCUT2D eigenvalue weighted by Gasteiger charge is -2.12. The van der Waals surface area contributed by atoms with Gasteiger partial charge in [0.2, 0.25) is 0 Å². The quantitative estimate of drug-likeness (QED) is 0.336. The lowest BCUT2D eigenvalue weighted by molar-refractivity contribution is -0.152. The molecular weight excluding hydrogens is 240 g/mol. The number of esters is 2. The number of ether oxygens (including phenoxy) is 1. The molecule has 0 saturated carbocycles. The van der Waals surface area contributed by atoms with Gasteiger partial charge in [-0.25, -0.2) is 0 Å². The van der Waals surface area contributed by atoms with Crippen molar-refractivity contribution < 1.29 is 14.3 Å². The van der Waals surface area contributed by atoms with Gasteiger partial charge in [0.15, 0.2) is 0 Å². The Kier molecular flexibility index (Phi) is 5.28. The molecule has 0 aliphatic carbocycles. The van der Waals surface area contributed by atoms with Crippen LogP contribution < -0.4 is 0 Å². The van der Waals surface area contributed by atoms with E-state index in [-0.39, 0.29) is 6.42 Å². The summed E-state index contributed by atoms with van der Waals surface area (Å²) in [6.45, 7) is 10.1. The number of cyclic esters (lactones) is 2. The lowest BCUT2D eigenvalue weighted by Crippen LogP contribution is -2.11. The van der Waals surface area contributed by atoms with Gasteiger partial charge in [0, 0.05) is 0 Å². The van der Waals surface area contributed by atoms with Gasteiger partial charge in [0.05, 0.1) is 12.3 Å². The van der Waals surface area contributed by atoms with Crippen LogP contribution in [-0.2, 0) is 14.3 Å². The minimum Gasteiger partial charge on any atom is -0.393 e. The zero-order chi connectivity index (χ0) is 14.6. The van der Waals surface area contributed by atoms with Crippen LogP contribution in [0.4, 0.5) is 0 Å². The van der Waals surface area contributed by atoms with Crippen molar-refractivity contribution in [3.8, 4) is 0 Å². The topological polar surface area (TPSA) is 43.4 Å². The molecule has 1 saturated heterocycles. The number of carbonyl (C=O) groups is 2. The van der Waals surface area contributed by atoms with Gasteiger partial charge < -0.3 is 4.74 Å². The molecule has 0 radical (unpaired) electrons. The summed E-state index contributed by atoms with van der Waals surface area (Å²) in [5, 5.41) is 0. The van der Waals surface area contributed by atoms with Crippen LogP contribution in [-0.4, -0.2) is 11.9 Å². The fourth-order valence-corrected chi connectivity index (χ4v) is 2.02. The van der Waals surface area contributed by atoms with Crippen LogP contribution in [0.5, 0.6) is 0 Å². The standard InChI is InChI=1S/C16H22O3/c1-10(2)6-7-12(5)13(8-11(3)4)14-9-15(17)19-16(14)18/h6,8,14H,7,9H2,1-5H3. The maximum atomic E-state index is 11.7. The fourth-order valence-electron chi connectivity index (χ4n) is 2.02. The van der Waals surface area contributed by atoms with E-state index in [4.69, 9.17) is 0 Å². The molecule has 0 amide bonds. The molecule has 1 atom stereocenters. The van der Waals surface area contributed by atoms with Crippen LogP contribution in [0.25, 0.3) is 0 Å². The number of hydrogen-bond donors (Lipinski definition) is 0. The molecular formula is C16H22O3. The van der Waals surface area contributed by atoms with Crippen molar-refractivity contribution in [2.24, 2.45) is 5.92 Å². The normalized spacial score (nSPS) is 19.7. The molecule has 0 aromatic heterocycles. The van der Waals surface area contributed by atoms with Gasteiger partial charge in [-0.15, -0.1) is 0 Å². The summed E-state index contributed by atoms with van der Waals surface area (Å²) in [4.78, 5) is 23.0. The number of rotatable bonds is 4. The highest BCUT2D eigenvalue weighted by Crippen LogP contribution is 2.29. The van der Waals surface area contributed by atoms with Crippen molar-refractivity contribution in [1.82, 2.24) is 0 Å². The Labute approximate surface area is 115 Å². The summed E-state index contributed by atoms with van der Waals surface area (Å²) in [7, 11) is 0. The predicted octanol–water partition coefficient (Wildman–Crippen LogP) is 3.72. The monoisotopic (exact) mass is 262 g/mol. The summed E-state index contributed by atoms with van der Waals surface area (Å²) in [5.41, 5.74) is 4.38. The molecule has 0 aromatic rings. The molecule has 3 heteroatoms. The smallest absolute Gasteiger partial charge is 0.321 e. The number of hydrogen-bond acceptors (Lipinski definition) is 3. The van der Waals surface area contributed by atoms with Crippen molar-refractivity contribution in [3.63, 3.8) is 0 Å². The second-order valence-electron chi connectivity index (χ2n) is 5.49. The van der Waals surface area contributed by atoms with Crippen LogP contribution in [0.2, 0.25) is 0 Å². The van der Waals surface area contributed by atoms with E-state index in [1.54, 1.807) is 0 Å². The Morgan fingerprint density at radius 3 is 2.21 bits per heavy atom. The predicted molar refractivity (Wildman–Crippen MR) is 75.4 cm³/mol. The van der Waals surface area contributed by atoms with Crippen molar-refractivity contribution in [1.29, 1.82) is 0 Å². The molecule has 1 unspecified atom stereocenters. The van der Waals surface area contributed by atoms with E-state index in [0.29, 0.717) is 0 Å². The molecule has 0 N–H and O–H groups in total. The molecule has 1 aliphatic rings. The molecule has 1 rings (SSSR count). The molecule has 0 aromatic carbocycles. The highest BCUT2D eigenvalue weighted by molar-refractivity contribution is 5.96. The summed E-state index contributed by atoms with van der Waals surface area (Å²) in [6, 6.07) is 0. The second kappa shape index (κ2) is 6.50. The molecule has 3 nitrogen and oxygen atoms in total. The van der Waals surface area contributed by atoms with Crippen molar-refractivity contribution >= 4 is 11.9 Å². The van der Waals surface area contributed by atoms with Gasteiger partial charge in [0.1, 0.15) is 0 Å². The fraction of sp³-hybridized carbons (Fsp3) is 0.500. The molecule has 1 aliphatic heterocycles. The maximum absolute atomic E-state index is 11.7. The number of allylic oxidation sites excluding steroid dienone is 5. The average Bonchev–Trinajstić information content (AvgIpc) is 2.61. The average molecular weight is 262 g/mol. The first-order valence-electron chi connectivity index (χ1n) is 6.53. The van der Waals surface area contributed by atoms with Gasteiger partial charge in [0.25, 0.3) is 0 Å². The first-order valence-corrected chi connectivity index (χ1v) is 6.53. The third kappa shape index (κ3) is 4.51. The Morgan fingerprint density at radius 1 is 1.16 bits per heavy atom. The Hall–Kier alpha value is -1.64. The van der Waals surface area contributed by atoms with Crippen molar-refractivity contribution in [2.45, 2.75) is 47.5 Å². The minimum atomic E-state index is -0.437. The van der Waals surface area contributed by atoms with Gasteiger partial charge >= 0.3 is 11.9 Å². The molecule has 19 heavy (non-hydrogen) atoms. The van der Waals surface area contributed by atoms with E-state index < -0.39 is 17.9 Å². The Bertz CT molecular complexity index is 470. The Balaban J connectivity index is 3.11. The van der Waals surface area contributed by atoms with Gasteiger partial charge in [-0.3, -0.25) is 9.59 Å². The highest BCUT2D eigenvalue weighted by Gasteiger charge is 2.35. The minimum absolute atomic E-state index is 0.157. The largest absolute Gasteiger partial charge is 0.393 e. The van der Waals surface area contributed by atoms with Crippen LogP contribution in [0, 0.1) is 5.92 Å². The lowest BCUT2D eigenvalue weighted by atomic mass is 9.90. The zero-order valence-corrected chi connectivity index (χ0v) is 12.4. The van der Waals surface area contributed by atoms with E-state index in [1.807, 2.05) is 40.7 Å². The summed E-state index contributed by atoms with van der Waals surface area (Å²) in [6.07, 6.45) is 5.05. The van der Waals surface area contributed by atoms with Crippen molar-refractivity contribution in [3.05, 3.63) is 34.4 Å². The first-order chi connectivity index (χ1) is 8.81. The molecule has 1 heterocycles. The molecule has 1 fully saturated rings. The second-order valence-corrected chi connectivity index (χ2v) is 5.49. The number of carbonyl (C=O) groups excluding carboxylic acids is 2. The molecule has 104 valence electrons. The van der Waals surface area contributed by atoms with Crippen LogP contribution in [0.3, 0.4) is 0 Å². The van der Waals surface area contributed by atoms with E-state index in [1.165, 1.54) is 5.57 Å². The molecule has 0 bridgehead atoms. The molecule has 0 spiro atoms.